The molecule has 1 aromatic heterocycles. The van der Waals surface area contributed by atoms with Crippen molar-refractivity contribution in [1.29, 1.82) is 0 Å². The highest BCUT2D eigenvalue weighted by Crippen LogP contribution is 2.47. The summed E-state index contributed by atoms with van der Waals surface area (Å²) in [5.74, 6) is -0.948. The topological polar surface area (TPSA) is 51.7 Å². The zero-order valence-corrected chi connectivity index (χ0v) is 14.3. The number of benzene rings is 1. The number of fused-ring (bicyclic) bond motifs is 2. The number of anilines is 2. The Labute approximate surface area is 149 Å². The Morgan fingerprint density at radius 2 is 2.24 bits per heavy atom. The standard InChI is InChI=1S/C18H16ClFN2O3/c1-24-17(23)14-4-5-15-16(21-14)18(6-7-25-10-18)9-22(15)11-2-3-12(19)13(20)8-11/h2-5,8H,6-7,9-10H2,1H3. The van der Waals surface area contributed by atoms with Gasteiger partial charge in [-0.1, -0.05) is 11.6 Å². The van der Waals surface area contributed by atoms with E-state index in [4.69, 9.17) is 21.1 Å². The van der Waals surface area contributed by atoms with E-state index in [1.165, 1.54) is 19.2 Å². The van der Waals surface area contributed by atoms with Crippen molar-refractivity contribution in [1.82, 2.24) is 4.98 Å². The Morgan fingerprint density at radius 1 is 1.40 bits per heavy atom. The predicted octanol–water partition coefficient (Wildman–Crippen LogP) is 3.47. The van der Waals surface area contributed by atoms with Crippen LogP contribution in [0.3, 0.4) is 0 Å². The summed E-state index contributed by atoms with van der Waals surface area (Å²) in [5.41, 5.74) is 2.29. The highest BCUT2D eigenvalue weighted by molar-refractivity contribution is 6.30. The van der Waals surface area contributed by atoms with Crippen molar-refractivity contribution in [3.05, 3.63) is 52.6 Å². The molecule has 0 amide bonds. The second kappa shape index (κ2) is 5.97. The number of methoxy groups -OCH3 is 1. The van der Waals surface area contributed by atoms with Gasteiger partial charge in [0.15, 0.2) is 0 Å². The Morgan fingerprint density at radius 3 is 2.92 bits per heavy atom. The van der Waals surface area contributed by atoms with Crippen LogP contribution in [-0.2, 0) is 14.9 Å². The molecule has 25 heavy (non-hydrogen) atoms. The van der Waals surface area contributed by atoms with E-state index in [-0.39, 0.29) is 16.1 Å². The SMILES string of the molecule is COC(=O)c1ccc2c(n1)C1(CCOC1)CN2c1ccc(Cl)c(F)c1. The van der Waals surface area contributed by atoms with Crippen LogP contribution < -0.4 is 4.90 Å². The minimum absolute atomic E-state index is 0.0845. The average Bonchev–Trinajstić information content (AvgIpc) is 3.23. The van der Waals surface area contributed by atoms with E-state index in [1.54, 1.807) is 12.1 Å². The van der Waals surface area contributed by atoms with Crippen LogP contribution in [0.2, 0.25) is 5.02 Å². The van der Waals surface area contributed by atoms with Gasteiger partial charge in [-0.05, 0) is 36.8 Å². The van der Waals surface area contributed by atoms with Gasteiger partial charge in [0.25, 0.3) is 0 Å². The van der Waals surface area contributed by atoms with Gasteiger partial charge in [-0.2, -0.15) is 0 Å². The van der Waals surface area contributed by atoms with Crippen molar-refractivity contribution in [2.45, 2.75) is 11.8 Å². The van der Waals surface area contributed by atoms with Crippen LogP contribution in [0.4, 0.5) is 15.8 Å². The smallest absolute Gasteiger partial charge is 0.356 e. The summed E-state index contributed by atoms with van der Waals surface area (Å²) < 4.78 is 24.3. The van der Waals surface area contributed by atoms with Gasteiger partial charge >= 0.3 is 5.97 Å². The first-order valence-corrected chi connectivity index (χ1v) is 8.32. The zero-order valence-electron chi connectivity index (χ0n) is 13.6. The molecule has 2 aliphatic rings. The van der Waals surface area contributed by atoms with E-state index in [1.807, 2.05) is 11.0 Å². The molecule has 3 heterocycles. The highest BCUT2D eigenvalue weighted by Gasteiger charge is 2.47. The molecule has 2 aromatic rings. The summed E-state index contributed by atoms with van der Waals surface area (Å²) in [6.07, 6.45) is 0.796. The average molecular weight is 363 g/mol. The number of carbonyl (C=O) groups excluding carboxylic acids is 1. The number of aromatic nitrogens is 1. The van der Waals surface area contributed by atoms with Crippen molar-refractivity contribution in [2.24, 2.45) is 0 Å². The largest absolute Gasteiger partial charge is 0.464 e. The molecule has 5 nitrogen and oxygen atoms in total. The first-order chi connectivity index (χ1) is 12.0. The normalized spacial score (nSPS) is 21.6. The zero-order chi connectivity index (χ0) is 17.6. The highest BCUT2D eigenvalue weighted by atomic mass is 35.5. The van der Waals surface area contributed by atoms with Gasteiger partial charge in [-0.25, -0.2) is 14.2 Å². The second-order valence-corrected chi connectivity index (χ2v) is 6.73. The van der Waals surface area contributed by atoms with E-state index >= 15 is 0 Å². The molecule has 2 aliphatic heterocycles. The summed E-state index contributed by atoms with van der Waals surface area (Å²) in [6, 6.07) is 8.18. The van der Waals surface area contributed by atoms with Crippen LogP contribution in [0, 0.1) is 5.82 Å². The number of carbonyl (C=O) groups is 1. The lowest BCUT2D eigenvalue weighted by atomic mass is 9.85. The molecule has 1 spiro atoms. The van der Waals surface area contributed by atoms with Gasteiger partial charge in [0.1, 0.15) is 11.5 Å². The lowest BCUT2D eigenvalue weighted by Crippen LogP contribution is -2.32. The third kappa shape index (κ3) is 2.56. The maximum atomic E-state index is 13.9. The third-order valence-corrected chi connectivity index (χ3v) is 5.15. The molecule has 7 heteroatoms. The minimum Gasteiger partial charge on any atom is -0.464 e. The van der Waals surface area contributed by atoms with Crippen LogP contribution in [0.5, 0.6) is 0 Å². The van der Waals surface area contributed by atoms with E-state index < -0.39 is 11.8 Å². The van der Waals surface area contributed by atoms with E-state index in [9.17, 15) is 9.18 Å². The molecular weight excluding hydrogens is 347 g/mol. The summed E-state index contributed by atoms with van der Waals surface area (Å²) in [5, 5.41) is 0.0845. The lowest BCUT2D eigenvalue weighted by Gasteiger charge is -2.23. The third-order valence-electron chi connectivity index (χ3n) is 4.84. The number of halogens is 2. The fourth-order valence-electron chi connectivity index (χ4n) is 3.54. The first-order valence-electron chi connectivity index (χ1n) is 7.94. The number of rotatable bonds is 2. The van der Waals surface area contributed by atoms with Crippen LogP contribution in [0.1, 0.15) is 22.6 Å². The minimum atomic E-state index is -0.479. The second-order valence-electron chi connectivity index (χ2n) is 6.32. The molecule has 1 saturated heterocycles. The van der Waals surface area contributed by atoms with Gasteiger partial charge in [0.05, 0.1) is 35.5 Å². The van der Waals surface area contributed by atoms with Gasteiger partial charge < -0.3 is 14.4 Å². The number of ether oxygens (including phenoxy) is 2. The van der Waals surface area contributed by atoms with Crippen molar-refractivity contribution in [3.63, 3.8) is 0 Å². The van der Waals surface area contributed by atoms with Gasteiger partial charge in [0, 0.05) is 18.8 Å². The number of hydrogen-bond acceptors (Lipinski definition) is 5. The summed E-state index contributed by atoms with van der Waals surface area (Å²) in [6.45, 7) is 1.76. The van der Waals surface area contributed by atoms with E-state index in [0.29, 0.717) is 25.4 Å². The molecule has 1 atom stereocenters. The van der Waals surface area contributed by atoms with Gasteiger partial charge in [0.2, 0.25) is 0 Å². The molecule has 0 aliphatic carbocycles. The first kappa shape index (κ1) is 16.3. The van der Waals surface area contributed by atoms with Crippen molar-refractivity contribution < 1.29 is 18.7 Å². The summed E-state index contributed by atoms with van der Waals surface area (Å²) in [7, 11) is 1.33. The molecule has 1 fully saturated rings. The Bertz CT molecular complexity index is 852. The predicted molar refractivity (Wildman–Crippen MR) is 91.1 cm³/mol. The monoisotopic (exact) mass is 362 g/mol. The molecule has 4 rings (SSSR count). The molecular formula is C18H16ClFN2O3. The molecule has 130 valence electrons. The lowest BCUT2D eigenvalue weighted by molar-refractivity contribution is 0.0593. The Kier molecular flexibility index (Phi) is 3.89. The molecule has 0 N–H and O–H groups in total. The molecule has 0 radical (unpaired) electrons. The van der Waals surface area contributed by atoms with Crippen molar-refractivity contribution >= 4 is 28.9 Å². The molecule has 1 aromatic carbocycles. The fourth-order valence-corrected chi connectivity index (χ4v) is 3.66. The fraction of sp³-hybridized carbons (Fsp3) is 0.333. The summed E-state index contributed by atoms with van der Waals surface area (Å²) in [4.78, 5) is 18.4. The maximum absolute atomic E-state index is 13.9. The molecule has 1 unspecified atom stereocenters. The van der Waals surface area contributed by atoms with Crippen LogP contribution in [0.15, 0.2) is 30.3 Å². The van der Waals surface area contributed by atoms with Gasteiger partial charge in [-0.15, -0.1) is 0 Å². The maximum Gasteiger partial charge on any atom is 0.356 e. The molecule has 0 saturated carbocycles. The number of pyridine rings is 1. The van der Waals surface area contributed by atoms with E-state index in [2.05, 4.69) is 4.98 Å². The number of esters is 1. The quantitative estimate of drug-likeness (QED) is 0.766. The van der Waals surface area contributed by atoms with Crippen LogP contribution >= 0.6 is 11.6 Å². The number of nitrogens with zero attached hydrogens (tertiary/aromatic N) is 2. The van der Waals surface area contributed by atoms with Crippen molar-refractivity contribution in [2.75, 3.05) is 31.8 Å². The Hall–Kier alpha value is -2.18. The molecule has 0 bridgehead atoms. The Balaban J connectivity index is 1.83. The van der Waals surface area contributed by atoms with Crippen LogP contribution in [0.25, 0.3) is 0 Å². The van der Waals surface area contributed by atoms with Crippen molar-refractivity contribution in [3.8, 4) is 0 Å². The summed E-state index contributed by atoms with van der Waals surface area (Å²) >= 11 is 5.80. The number of hydrogen-bond donors (Lipinski definition) is 0. The van der Waals surface area contributed by atoms with Gasteiger partial charge in [-0.3, -0.25) is 0 Å². The van der Waals surface area contributed by atoms with E-state index in [0.717, 1.165) is 17.8 Å². The van der Waals surface area contributed by atoms with Crippen LogP contribution in [-0.4, -0.2) is 37.8 Å².